The molecule has 0 saturated heterocycles. The van der Waals surface area contributed by atoms with Crippen LogP contribution < -0.4 is 11.2 Å². The number of hydrogen-bond acceptors (Lipinski definition) is 5. The Morgan fingerprint density at radius 3 is 2.63 bits per heavy atom. The van der Waals surface area contributed by atoms with Crippen LogP contribution in [0, 0.1) is 34.5 Å². The van der Waals surface area contributed by atoms with E-state index < -0.39 is 5.60 Å². The molecule has 0 radical (unpaired) electrons. The quantitative estimate of drug-likeness (QED) is 0.353. The molecule has 3 unspecified atom stereocenters. The second kappa shape index (κ2) is 8.97. The average molecular weight is 423 g/mol. The van der Waals surface area contributed by atoms with Gasteiger partial charge < -0.3 is 20.8 Å². The van der Waals surface area contributed by atoms with Crippen molar-refractivity contribution in [3.63, 3.8) is 0 Å². The summed E-state index contributed by atoms with van der Waals surface area (Å²) in [5, 5.41) is 22.4. The van der Waals surface area contributed by atoms with Crippen LogP contribution >= 0.6 is 0 Å². The molecule has 8 atom stereocenters. The number of fused-ring (bicyclic) bond motifs is 5. The van der Waals surface area contributed by atoms with E-state index in [9.17, 15) is 10.2 Å². The van der Waals surface area contributed by atoms with E-state index in [-0.39, 0.29) is 11.5 Å². The van der Waals surface area contributed by atoms with E-state index in [2.05, 4.69) is 19.3 Å². The van der Waals surface area contributed by atoms with Gasteiger partial charge in [-0.2, -0.15) is 0 Å². The Kier molecular flexibility index (Phi) is 6.87. The first-order valence-electron chi connectivity index (χ1n) is 12.8. The molecule has 0 aliphatic heterocycles. The van der Waals surface area contributed by atoms with Crippen molar-refractivity contribution in [1.29, 1.82) is 0 Å². The number of nitrogens with one attached hydrogen (secondary N) is 1. The first-order valence-corrected chi connectivity index (χ1v) is 12.8. The number of hydrogen-bond donors (Lipinski definition) is 4. The lowest BCUT2D eigenvalue weighted by molar-refractivity contribution is -0.210. The second-order valence-electron chi connectivity index (χ2n) is 11.6. The Labute approximate surface area is 183 Å². The Morgan fingerprint density at radius 2 is 1.83 bits per heavy atom. The van der Waals surface area contributed by atoms with Crippen molar-refractivity contribution < 1.29 is 15.1 Å². The molecule has 0 amide bonds. The SMILES string of the molecule is C[C@]12CCC(O)CC1CC[C@@H]1[C@H]2CC[C@]2(C)C(CCCNOCCCN)CC[C@@]12O. The van der Waals surface area contributed by atoms with Crippen LogP contribution in [-0.2, 0) is 4.84 Å². The first kappa shape index (κ1) is 23.0. The number of hydroxylamine groups is 1. The van der Waals surface area contributed by atoms with Crippen LogP contribution in [-0.4, -0.2) is 41.6 Å². The van der Waals surface area contributed by atoms with Gasteiger partial charge in [0.1, 0.15) is 0 Å². The van der Waals surface area contributed by atoms with E-state index in [1.807, 2.05) is 0 Å². The van der Waals surface area contributed by atoms with Crippen LogP contribution in [0.25, 0.3) is 0 Å². The highest BCUT2D eigenvalue weighted by atomic mass is 16.6. The zero-order valence-corrected chi connectivity index (χ0v) is 19.4. The summed E-state index contributed by atoms with van der Waals surface area (Å²) in [4.78, 5) is 5.43. The van der Waals surface area contributed by atoms with Crippen LogP contribution in [0.2, 0.25) is 0 Å². The topological polar surface area (TPSA) is 87.7 Å². The Balaban J connectivity index is 1.38. The van der Waals surface area contributed by atoms with Gasteiger partial charge in [-0.3, -0.25) is 0 Å². The highest BCUT2D eigenvalue weighted by molar-refractivity contribution is 5.16. The number of nitrogens with two attached hydrogens (primary N) is 1. The van der Waals surface area contributed by atoms with Gasteiger partial charge in [-0.1, -0.05) is 13.8 Å². The number of rotatable bonds is 8. The molecule has 0 aromatic carbocycles. The first-order chi connectivity index (χ1) is 14.3. The van der Waals surface area contributed by atoms with Crippen LogP contribution in [0.15, 0.2) is 0 Å². The molecule has 4 rings (SSSR count). The van der Waals surface area contributed by atoms with Gasteiger partial charge in [-0.05, 0) is 118 Å². The molecule has 4 aliphatic carbocycles. The van der Waals surface area contributed by atoms with Gasteiger partial charge in [-0.25, -0.2) is 5.48 Å². The minimum absolute atomic E-state index is 0.0615. The molecule has 5 nitrogen and oxygen atoms in total. The molecule has 4 aliphatic rings. The molecule has 0 aromatic rings. The fourth-order valence-electron chi connectivity index (χ4n) is 8.50. The summed E-state index contributed by atoms with van der Waals surface area (Å²) in [6, 6.07) is 0. The Bertz CT molecular complexity index is 589. The largest absolute Gasteiger partial charge is 0.393 e. The maximum atomic E-state index is 12.2. The van der Waals surface area contributed by atoms with Crippen molar-refractivity contribution in [3.05, 3.63) is 0 Å². The van der Waals surface area contributed by atoms with Crippen molar-refractivity contribution in [2.24, 2.45) is 40.2 Å². The Morgan fingerprint density at radius 1 is 1.00 bits per heavy atom. The molecular formula is C25H46N2O3. The predicted octanol–water partition coefficient (Wildman–Crippen LogP) is 3.77. The highest BCUT2D eigenvalue weighted by Crippen LogP contribution is 2.69. The van der Waals surface area contributed by atoms with Gasteiger partial charge in [0.15, 0.2) is 0 Å². The van der Waals surface area contributed by atoms with Crippen LogP contribution in [0.4, 0.5) is 0 Å². The van der Waals surface area contributed by atoms with Crippen molar-refractivity contribution in [1.82, 2.24) is 5.48 Å². The predicted molar refractivity (Wildman–Crippen MR) is 120 cm³/mol. The fraction of sp³-hybridized carbons (Fsp3) is 1.00. The minimum atomic E-state index is -0.490. The van der Waals surface area contributed by atoms with Crippen molar-refractivity contribution >= 4 is 0 Å². The second-order valence-corrected chi connectivity index (χ2v) is 11.6. The lowest BCUT2D eigenvalue weighted by Crippen LogP contribution is -2.62. The molecule has 0 spiro atoms. The van der Waals surface area contributed by atoms with E-state index in [0.29, 0.717) is 42.2 Å². The standard InChI is InChI=1S/C25H46N2O3/c1-23-11-9-20(28)17-19(23)6-7-22-21(23)10-12-24(2)18(8-13-25(22,24)29)5-3-15-27-30-16-4-14-26/h18-22,27-29H,3-17,26H2,1-2H3/t18?,19?,20?,21-,22-,23+,24-,25-/m1/s1. The molecule has 5 heteroatoms. The Hall–Kier alpha value is -0.200. The van der Waals surface area contributed by atoms with Gasteiger partial charge >= 0.3 is 0 Å². The van der Waals surface area contributed by atoms with E-state index in [0.717, 1.165) is 51.5 Å². The van der Waals surface area contributed by atoms with E-state index in [4.69, 9.17) is 10.6 Å². The molecule has 4 saturated carbocycles. The maximum Gasteiger partial charge on any atom is 0.0734 e. The zero-order valence-electron chi connectivity index (χ0n) is 19.4. The molecule has 5 N–H and O–H groups in total. The lowest BCUT2D eigenvalue weighted by Gasteiger charge is -2.63. The molecule has 0 heterocycles. The van der Waals surface area contributed by atoms with Gasteiger partial charge in [-0.15, -0.1) is 0 Å². The monoisotopic (exact) mass is 422 g/mol. The van der Waals surface area contributed by atoms with Crippen LogP contribution in [0.5, 0.6) is 0 Å². The summed E-state index contributed by atoms with van der Waals surface area (Å²) in [6.07, 6.45) is 13.1. The summed E-state index contributed by atoms with van der Waals surface area (Å²) in [5.41, 5.74) is 8.47. The third-order valence-electron chi connectivity index (χ3n) is 10.4. The molecule has 0 bridgehead atoms. The van der Waals surface area contributed by atoms with Crippen LogP contribution in [0.1, 0.15) is 90.9 Å². The zero-order chi connectivity index (χ0) is 21.4. The van der Waals surface area contributed by atoms with Crippen molar-refractivity contribution in [2.75, 3.05) is 19.7 Å². The maximum absolute atomic E-state index is 12.2. The summed E-state index contributed by atoms with van der Waals surface area (Å²) in [6.45, 7) is 7.13. The third kappa shape index (κ3) is 3.77. The van der Waals surface area contributed by atoms with Crippen LogP contribution in [0.3, 0.4) is 0 Å². The fourth-order valence-corrected chi connectivity index (χ4v) is 8.50. The lowest BCUT2D eigenvalue weighted by atomic mass is 9.43. The normalized spacial score (nSPS) is 48.1. The number of aliphatic hydroxyl groups excluding tert-OH is 1. The van der Waals surface area contributed by atoms with Gasteiger partial charge in [0, 0.05) is 6.54 Å². The molecule has 0 aromatic heterocycles. The summed E-state index contributed by atoms with van der Waals surface area (Å²) < 4.78 is 0. The van der Waals surface area contributed by atoms with E-state index in [1.54, 1.807) is 0 Å². The summed E-state index contributed by atoms with van der Waals surface area (Å²) in [5.74, 6) is 2.36. The third-order valence-corrected chi connectivity index (χ3v) is 10.4. The van der Waals surface area contributed by atoms with E-state index in [1.165, 1.54) is 32.1 Å². The van der Waals surface area contributed by atoms with Gasteiger partial charge in [0.25, 0.3) is 0 Å². The van der Waals surface area contributed by atoms with Gasteiger partial charge in [0.05, 0.1) is 18.3 Å². The van der Waals surface area contributed by atoms with Gasteiger partial charge in [0.2, 0.25) is 0 Å². The summed E-state index contributed by atoms with van der Waals surface area (Å²) >= 11 is 0. The number of aliphatic hydroxyl groups is 2. The average Bonchev–Trinajstić information content (AvgIpc) is 2.99. The smallest absolute Gasteiger partial charge is 0.0734 e. The molecule has 174 valence electrons. The van der Waals surface area contributed by atoms with Crippen molar-refractivity contribution in [3.8, 4) is 0 Å². The van der Waals surface area contributed by atoms with Crippen molar-refractivity contribution in [2.45, 2.75) is 103 Å². The van der Waals surface area contributed by atoms with E-state index >= 15 is 0 Å². The molecule has 30 heavy (non-hydrogen) atoms. The highest BCUT2D eigenvalue weighted by Gasteiger charge is 2.66. The minimum Gasteiger partial charge on any atom is -0.393 e. The molecule has 4 fully saturated rings. The molecular weight excluding hydrogens is 376 g/mol. The summed E-state index contributed by atoms with van der Waals surface area (Å²) in [7, 11) is 0.